The minimum absolute atomic E-state index is 0.119. The highest BCUT2D eigenvalue weighted by Gasteiger charge is 2.30. The molecule has 0 aliphatic heterocycles. The van der Waals surface area contributed by atoms with Gasteiger partial charge in [0.15, 0.2) is 0 Å². The van der Waals surface area contributed by atoms with Crippen LogP contribution in [0.15, 0.2) is 11.6 Å². The first kappa shape index (κ1) is 10.8. The van der Waals surface area contributed by atoms with E-state index in [4.69, 9.17) is 0 Å². The van der Waals surface area contributed by atoms with Gasteiger partial charge in [-0.25, -0.2) is 0 Å². The lowest BCUT2D eigenvalue weighted by Gasteiger charge is -2.35. The standard InChI is InChI=1S/C12H22O/c1-8-6-10(12(3,4)5)11(13)7-9(8)2/h6,8-9,11,13H,7H2,1-5H3/t8?,9-,11?/m0/s1. The van der Waals surface area contributed by atoms with Crippen LogP contribution in [-0.4, -0.2) is 11.2 Å². The van der Waals surface area contributed by atoms with Crippen molar-refractivity contribution in [1.29, 1.82) is 0 Å². The largest absolute Gasteiger partial charge is 0.389 e. The third-order valence-corrected chi connectivity index (χ3v) is 3.16. The quantitative estimate of drug-likeness (QED) is 0.571. The highest BCUT2D eigenvalue weighted by molar-refractivity contribution is 5.20. The summed E-state index contributed by atoms with van der Waals surface area (Å²) >= 11 is 0. The van der Waals surface area contributed by atoms with E-state index < -0.39 is 0 Å². The zero-order chi connectivity index (χ0) is 10.2. The molecule has 1 nitrogen and oxygen atoms in total. The van der Waals surface area contributed by atoms with E-state index in [-0.39, 0.29) is 11.5 Å². The molecule has 0 aromatic rings. The van der Waals surface area contributed by atoms with Crippen molar-refractivity contribution >= 4 is 0 Å². The molecule has 76 valence electrons. The SMILES string of the molecule is CC1C=C(C(C)(C)C)C(O)C[C@@H]1C. The van der Waals surface area contributed by atoms with Crippen LogP contribution in [0.5, 0.6) is 0 Å². The van der Waals surface area contributed by atoms with Crippen LogP contribution in [0.2, 0.25) is 0 Å². The Hall–Kier alpha value is -0.300. The Balaban J connectivity index is 2.90. The molecule has 0 heterocycles. The maximum absolute atomic E-state index is 9.92. The van der Waals surface area contributed by atoms with Crippen LogP contribution in [0, 0.1) is 17.3 Å². The molecular weight excluding hydrogens is 160 g/mol. The minimum atomic E-state index is -0.216. The fourth-order valence-electron chi connectivity index (χ4n) is 2.00. The Bertz CT molecular complexity index is 210. The van der Waals surface area contributed by atoms with E-state index in [0.717, 1.165) is 6.42 Å². The monoisotopic (exact) mass is 182 g/mol. The van der Waals surface area contributed by atoms with Crippen molar-refractivity contribution < 1.29 is 5.11 Å². The predicted octanol–water partition coefficient (Wildman–Crippen LogP) is 3.00. The smallest absolute Gasteiger partial charge is 0.0758 e. The van der Waals surface area contributed by atoms with Crippen LogP contribution in [0.3, 0.4) is 0 Å². The molecule has 0 aromatic carbocycles. The Morgan fingerprint density at radius 2 is 1.85 bits per heavy atom. The lowest BCUT2D eigenvalue weighted by molar-refractivity contribution is 0.134. The van der Waals surface area contributed by atoms with E-state index in [1.807, 2.05) is 0 Å². The van der Waals surface area contributed by atoms with Crippen LogP contribution in [0.1, 0.15) is 41.0 Å². The predicted molar refractivity (Wildman–Crippen MR) is 56.5 cm³/mol. The van der Waals surface area contributed by atoms with Crippen LogP contribution in [-0.2, 0) is 0 Å². The molecule has 3 atom stereocenters. The van der Waals surface area contributed by atoms with E-state index in [1.165, 1.54) is 5.57 Å². The molecule has 0 radical (unpaired) electrons. The Morgan fingerprint density at radius 1 is 1.31 bits per heavy atom. The number of allylic oxidation sites excluding steroid dienone is 1. The van der Waals surface area contributed by atoms with E-state index in [9.17, 15) is 5.11 Å². The molecule has 1 N–H and O–H groups in total. The maximum Gasteiger partial charge on any atom is 0.0758 e. The Morgan fingerprint density at radius 3 is 2.31 bits per heavy atom. The summed E-state index contributed by atoms with van der Waals surface area (Å²) in [6.07, 6.45) is 2.97. The van der Waals surface area contributed by atoms with Crippen LogP contribution < -0.4 is 0 Å². The van der Waals surface area contributed by atoms with Crippen molar-refractivity contribution in [2.24, 2.45) is 17.3 Å². The molecule has 1 heteroatoms. The summed E-state index contributed by atoms with van der Waals surface area (Å²) in [5.41, 5.74) is 1.34. The molecule has 0 bridgehead atoms. The number of aliphatic hydroxyl groups excluding tert-OH is 1. The normalized spacial score (nSPS) is 35.8. The summed E-state index contributed by atoms with van der Waals surface area (Å²) in [5.74, 6) is 1.22. The summed E-state index contributed by atoms with van der Waals surface area (Å²) in [4.78, 5) is 0. The van der Waals surface area contributed by atoms with Gasteiger partial charge in [0, 0.05) is 0 Å². The molecule has 0 saturated heterocycles. The molecule has 0 fully saturated rings. The summed E-state index contributed by atoms with van der Waals surface area (Å²) in [6, 6.07) is 0. The topological polar surface area (TPSA) is 20.2 Å². The molecule has 1 rings (SSSR count). The molecule has 2 unspecified atom stereocenters. The molecule has 1 aliphatic rings. The van der Waals surface area contributed by atoms with E-state index in [0.29, 0.717) is 11.8 Å². The summed E-state index contributed by atoms with van der Waals surface area (Å²) in [7, 11) is 0. The van der Waals surface area contributed by atoms with Gasteiger partial charge in [0.05, 0.1) is 6.10 Å². The van der Waals surface area contributed by atoms with E-state index in [2.05, 4.69) is 40.7 Å². The second-order valence-corrected chi connectivity index (χ2v) is 5.46. The second kappa shape index (κ2) is 3.45. The lowest BCUT2D eigenvalue weighted by Crippen LogP contribution is -2.30. The molecule has 13 heavy (non-hydrogen) atoms. The van der Waals surface area contributed by atoms with Crippen molar-refractivity contribution in [3.05, 3.63) is 11.6 Å². The number of rotatable bonds is 0. The van der Waals surface area contributed by atoms with Gasteiger partial charge in [0.2, 0.25) is 0 Å². The lowest BCUT2D eigenvalue weighted by atomic mass is 9.73. The number of aliphatic hydroxyl groups is 1. The van der Waals surface area contributed by atoms with Crippen LogP contribution >= 0.6 is 0 Å². The van der Waals surface area contributed by atoms with Crippen LogP contribution in [0.25, 0.3) is 0 Å². The van der Waals surface area contributed by atoms with Gasteiger partial charge in [-0.2, -0.15) is 0 Å². The Kier molecular flexibility index (Phi) is 2.86. The second-order valence-electron chi connectivity index (χ2n) is 5.46. The van der Waals surface area contributed by atoms with Crippen LogP contribution in [0.4, 0.5) is 0 Å². The zero-order valence-electron chi connectivity index (χ0n) is 9.46. The maximum atomic E-state index is 9.92. The van der Waals surface area contributed by atoms with Gasteiger partial charge in [-0.1, -0.05) is 40.7 Å². The molecule has 1 aliphatic carbocycles. The summed E-state index contributed by atoms with van der Waals surface area (Å²) in [5, 5.41) is 9.92. The number of hydrogen-bond acceptors (Lipinski definition) is 1. The van der Waals surface area contributed by atoms with Gasteiger partial charge in [0.1, 0.15) is 0 Å². The van der Waals surface area contributed by atoms with Crippen molar-refractivity contribution in [2.75, 3.05) is 0 Å². The highest BCUT2D eigenvalue weighted by atomic mass is 16.3. The first-order chi connectivity index (χ1) is 5.82. The zero-order valence-corrected chi connectivity index (χ0v) is 9.46. The minimum Gasteiger partial charge on any atom is -0.389 e. The molecule has 0 saturated carbocycles. The third-order valence-electron chi connectivity index (χ3n) is 3.16. The van der Waals surface area contributed by atoms with Gasteiger partial charge in [0.25, 0.3) is 0 Å². The Labute approximate surface area is 81.9 Å². The average Bonchev–Trinajstić information content (AvgIpc) is 1.94. The van der Waals surface area contributed by atoms with Gasteiger partial charge >= 0.3 is 0 Å². The highest BCUT2D eigenvalue weighted by Crippen LogP contribution is 2.37. The first-order valence-electron chi connectivity index (χ1n) is 5.22. The molecule has 0 aromatic heterocycles. The van der Waals surface area contributed by atoms with Crippen molar-refractivity contribution in [3.8, 4) is 0 Å². The first-order valence-corrected chi connectivity index (χ1v) is 5.22. The fraction of sp³-hybridized carbons (Fsp3) is 0.833. The molecular formula is C12H22O. The summed E-state index contributed by atoms with van der Waals surface area (Å²) in [6.45, 7) is 11.0. The van der Waals surface area contributed by atoms with Gasteiger partial charge < -0.3 is 5.11 Å². The average molecular weight is 182 g/mol. The van der Waals surface area contributed by atoms with Crippen molar-refractivity contribution in [3.63, 3.8) is 0 Å². The van der Waals surface area contributed by atoms with Crippen molar-refractivity contribution in [2.45, 2.75) is 47.1 Å². The molecule has 0 spiro atoms. The van der Waals surface area contributed by atoms with E-state index >= 15 is 0 Å². The van der Waals surface area contributed by atoms with Gasteiger partial charge in [-0.15, -0.1) is 0 Å². The fourth-order valence-corrected chi connectivity index (χ4v) is 2.00. The molecule has 0 amide bonds. The van der Waals surface area contributed by atoms with Gasteiger partial charge in [-0.3, -0.25) is 0 Å². The van der Waals surface area contributed by atoms with Crippen molar-refractivity contribution in [1.82, 2.24) is 0 Å². The van der Waals surface area contributed by atoms with E-state index in [1.54, 1.807) is 0 Å². The summed E-state index contributed by atoms with van der Waals surface area (Å²) < 4.78 is 0. The van der Waals surface area contributed by atoms with Gasteiger partial charge in [-0.05, 0) is 29.2 Å². The third kappa shape index (κ3) is 2.34. The number of hydrogen-bond donors (Lipinski definition) is 1.